The van der Waals surface area contributed by atoms with E-state index in [4.69, 9.17) is 16.0 Å². The van der Waals surface area contributed by atoms with Gasteiger partial charge < -0.3 is 20.3 Å². The number of carbonyl (C=O) groups is 3. The smallest absolute Gasteiger partial charge is 0.249 e. The fourth-order valence-corrected chi connectivity index (χ4v) is 7.16. The highest BCUT2D eigenvalue weighted by molar-refractivity contribution is 5.99. The Kier molecular flexibility index (Phi) is 8.02. The third kappa shape index (κ3) is 5.05. The molecule has 1 aromatic carbocycles. The largest absolute Gasteiger partial charge is 0.367 e. The molecule has 0 aromatic heterocycles. The lowest BCUT2D eigenvalue weighted by atomic mass is 9.73. The van der Waals surface area contributed by atoms with Crippen LogP contribution in [0.1, 0.15) is 85.2 Å². The molecule has 0 bridgehead atoms. The number of ether oxygens (including phenoxy) is 1. The predicted octanol–water partition coefficient (Wildman–Crippen LogP) is 3.51. The van der Waals surface area contributed by atoms with Crippen LogP contribution in [0.25, 0.3) is 10.4 Å². The fraction of sp³-hybridized carbons (Fsp3) is 0.679. The third-order valence-corrected chi connectivity index (χ3v) is 9.21. The fourth-order valence-electron chi connectivity index (χ4n) is 7.16. The average molecular weight is 523 g/mol. The van der Waals surface area contributed by atoms with E-state index in [1.165, 1.54) is 0 Å². The maximum absolute atomic E-state index is 14.5. The van der Waals surface area contributed by atoms with Gasteiger partial charge in [0.05, 0.1) is 18.1 Å². The molecule has 2 amide bonds. The molecule has 4 atom stereocenters. The summed E-state index contributed by atoms with van der Waals surface area (Å²) < 4.78 is 5.66. The minimum absolute atomic E-state index is 0.0425. The topological polar surface area (TPSA) is 142 Å². The molecule has 3 aliphatic heterocycles. The highest BCUT2D eigenvalue weighted by Gasteiger charge is 2.53. The number of azide groups is 1. The van der Waals surface area contributed by atoms with Gasteiger partial charge in [-0.05, 0) is 79.9 Å². The summed E-state index contributed by atoms with van der Waals surface area (Å²) >= 11 is 0. The van der Waals surface area contributed by atoms with Gasteiger partial charge in [-0.3, -0.25) is 14.4 Å². The predicted molar refractivity (Wildman–Crippen MR) is 142 cm³/mol. The number of ketones is 1. The Bertz CT molecular complexity index is 1120. The molecule has 1 saturated carbocycles. The van der Waals surface area contributed by atoms with Gasteiger partial charge in [0.1, 0.15) is 12.6 Å². The van der Waals surface area contributed by atoms with E-state index < -0.39 is 30.0 Å². The number of rotatable bonds is 7. The van der Waals surface area contributed by atoms with Crippen molar-refractivity contribution in [1.29, 1.82) is 0 Å². The Balaban J connectivity index is 1.54. The second-order valence-electron chi connectivity index (χ2n) is 11.2. The van der Waals surface area contributed by atoms with Gasteiger partial charge in [-0.2, -0.15) is 0 Å². The molecule has 1 aromatic rings. The number of nitrogens with zero attached hydrogens (tertiary/aromatic N) is 5. The zero-order chi connectivity index (χ0) is 26.8. The summed E-state index contributed by atoms with van der Waals surface area (Å²) in [4.78, 5) is 46.9. The Hall–Kier alpha value is -2.94. The molecule has 5 rings (SSSR count). The molecule has 4 fully saturated rings. The zero-order valence-corrected chi connectivity index (χ0v) is 22.1. The van der Waals surface area contributed by atoms with Crippen LogP contribution in [0, 0.1) is 5.92 Å². The van der Waals surface area contributed by atoms with Crippen molar-refractivity contribution in [2.75, 3.05) is 32.8 Å². The van der Waals surface area contributed by atoms with Gasteiger partial charge in [0.25, 0.3) is 0 Å². The van der Waals surface area contributed by atoms with Gasteiger partial charge in [0.15, 0.2) is 5.78 Å². The molecule has 10 heteroatoms. The van der Waals surface area contributed by atoms with Gasteiger partial charge in [-0.25, -0.2) is 0 Å². The first-order valence-corrected chi connectivity index (χ1v) is 14.1. The minimum atomic E-state index is -0.761. The van der Waals surface area contributed by atoms with E-state index in [2.05, 4.69) is 27.9 Å². The first-order valence-electron chi connectivity index (χ1n) is 14.1. The van der Waals surface area contributed by atoms with Crippen molar-refractivity contribution in [2.45, 2.75) is 81.9 Å². The lowest BCUT2D eigenvalue weighted by Crippen LogP contribution is -2.46. The molecular weight excluding hydrogens is 484 g/mol. The standard InChI is InChI=1S/C28H38N6O4/c1-2-33-12-10-17(11-13-33)19-8-9-20(27(29)36)21(14-19)24(18-6-4-3-5-7-18)28(37)34-15-22(31-32-30)26-25(34)23(35)16-38-26/h8-9,14,17-18,22,24-26H,2-7,10-13,15-16H2,1H3,(H2,29,36)/t22-,24+,25-,26-/m1/s1. The Morgan fingerprint density at radius 2 is 1.92 bits per heavy atom. The van der Waals surface area contributed by atoms with Crippen LogP contribution in [0.5, 0.6) is 0 Å². The van der Waals surface area contributed by atoms with Crippen molar-refractivity contribution < 1.29 is 19.1 Å². The second kappa shape index (κ2) is 11.4. The first-order chi connectivity index (χ1) is 18.4. The van der Waals surface area contributed by atoms with Crippen LogP contribution >= 0.6 is 0 Å². The van der Waals surface area contributed by atoms with Crippen LogP contribution in [0.15, 0.2) is 23.3 Å². The second-order valence-corrected chi connectivity index (χ2v) is 11.2. The van der Waals surface area contributed by atoms with E-state index in [9.17, 15) is 14.4 Å². The van der Waals surface area contributed by atoms with Crippen molar-refractivity contribution in [3.63, 3.8) is 0 Å². The van der Waals surface area contributed by atoms with Gasteiger partial charge in [0.2, 0.25) is 11.8 Å². The SMILES string of the molecule is CCN1CCC(c2ccc(C(N)=O)c([C@@H](C(=O)N3C[C@@H](N=[N+]=[N-])[C@H]4OCC(=O)[C@H]43)C3CCCCC3)c2)CC1. The third-order valence-electron chi connectivity index (χ3n) is 9.21. The van der Waals surface area contributed by atoms with E-state index in [0.717, 1.165) is 70.1 Å². The molecule has 3 heterocycles. The summed E-state index contributed by atoms with van der Waals surface area (Å²) in [6.45, 7) is 5.30. The number of hydrogen-bond donors (Lipinski definition) is 1. The maximum Gasteiger partial charge on any atom is 0.249 e. The Morgan fingerprint density at radius 3 is 2.58 bits per heavy atom. The highest BCUT2D eigenvalue weighted by atomic mass is 16.5. The number of hydrogen-bond acceptors (Lipinski definition) is 6. The first kappa shape index (κ1) is 26.7. The number of fused-ring (bicyclic) bond motifs is 1. The number of amides is 2. The summed E-state index contributed by atoms with van der Waals surface area (Å²) in [5.41, 5.74) is 17.1. The van der Waals surface area contributed by atoms with E-state index in [1.807, 2.05) is 6.07 Å². The van der Waals surface area contributed by atoms with Crippen molar-refractivity contribution in [3.05, 3.63) is 45.3 Å². The Labute approximate surface area is 223 Å². The number of piperidine rings is 1. The van der Waals surface area contributed by atoms with Crippen LogP contribution in [0.4, 0.5) is 0 Å². The number of benzene rings is 1. The number of likely N-dealkylation sites (tertiary alicyclic amines) is 2. The number of primary amides is 1. The maximum atomic E-state index is 14.5. The lowest BCUT2D eigenvalue weighted by Gasteiger charge is -2.36. The quantitative estimate of drug-likeness (QED) is 0.331. The van der Waals surface area contributed by atoms with Gasteiger partial charge >= 0.3 is 0 Å². The molecule has 0 unspecified atom stereocenters. The summed E-state index contributed by atoms with van der Waals surface area (Å²) in [6, 6.07) is 4.47. The molecule has 3 saturated heterocycles. The molecule has 204 valence electrons. The normalized spacial score (nSPS) is 27.7. The van der Waals surface area contributed by atoms with E-state index in [0.29, 0.717) is 17.0 Å². The van der Waals surface area contributed by atoms with Crippen LogP contribution in [-0.4, -0.2) is 78.4 Å². The summed E-state index contributed by atoms with van der Waals surface area (Å²) in [7, 11) is 0. The van der Waals surface area contributed by atoms with E-state index in [1.54, 1.807) is 11.0 Å². The van der Waals surface area contributed by atoms with Gasteiger partial charge in [0, 0.05) is 17.0 Å². The molecular formula is C28H38N6O4. The van der Waals surface area contributed by atoms with Crippen molar-refractivity contribution in [1.82, 2.24) is 9.80 Å². The summed E-state index contributed by atoms with van der Waals surface area (Å²) in [5, 5.41) is 3.84. The van der Waals surface area contributed by atoms with Crippen LogP contribution < -0.4 is 5.73 Å². The van der Waals surface area contributed by atoms with Crippen LogP contribution in [-0.2, 0) is 14.3 Å². The molecule has 4 aliphatic rings. The van der Waals surface area contributed by atoms with Crippen molar-refractivity contribution in [2.24, 2.45) is 16.8 Å². The van der Waals surface area contributed by atoms with Crippen molar-refractivity contribution in [3.8, 4) is 0 Å². The summed E-state index contributed by atoms with van der Waals surface area (Å²) in [5.74, 6) is -1.11. The summed E-state index contributed by atoms with van der Waals surface area (Å²) in [6.07, 6.45) is 6.34. The van der Waals surface area contributed by atoms with Crippen molar-refractivity contribution >= 4 is 17.6 Å². The zero-order valence-electron chi connectivity index (χ0n) is 22.1. The molecule has 38 heavy (non-hydrogen) atoms. The Morgan fingerprint density at radius 1 is 1.18 bits per heavy atom. The van der Waals surface area contributed by atoms with Gasteiger partial charge in [-0.15, -0.1) is 0 Å². The molecule has 0 radical (unpaired) electrons. The molecule has 1 aliphatic carbocycles. The number of nitrogens with two attached hydrogens (primary N) is 1. The van der Waals surface area contributed by atoms with E-state index >= 15 is 0 Å². The van der Waals surface area contributed by atoms with Crippen LogP contribution in [0.3, 0.4) is 0 Å². The minimum Gasteiger partial charge on any atom is -0.367 e. The number of Topliss-reactive ketones (excluding diaryl/α,β-unsaturated/α-hetero) is 1. The highest BCUT2D eigenvalue weighted by Crippen LogP contribution is 2.42. The molecule has 2 N–H and O–H groups in total. The lowest BCUT2D eigenvalue weighted by molar-refractivity contribution is -0.139. The molecule has 10 nitrogen and oxygen atoms in total. The molecule has 0 spiro atoms. The van der Waals surface area contributed by atoms with E-state index in [-0.39, 0.29) is 30.8 Å². The van der Waals surface area contributed by atoms with Gasteiger partial charge in [-0.1, -0.05) is 43.4 Å². The number of carbonyl (C=O) groups excluding carboxylic acids is 3. The average Bonchev–Trinajstić information content (AvgIpc) is 3.50. The monoisotopic (exact) mass is 522 g/mol. The van der Waals surface area contributed by atoms with Crippen LogP contribution in [0.2, 0.25) is 0 Å².